The molecule has 0 bridgehead atoms. The number of carbonyl (C=O) groups is 2. The van der Waals surface area contributed by atoms with Crippen LogP contribution in [0, 0.1) is 18.3 Å². The smallest absolute Gasteiger partial charge is 0.249 e. The molecule has 1 fully saturated rings. The summed E-state index contributed by atoms with van der Waals surface area (Å²) >= 11 is 0. The average molecular weight is 403 g/mol. The van der Waals surface area contributed by atoms with Crippen LogP contribution in [-0.4, -0.2) is 27.8 Å². The van der Waals surface area contributed by atoms with Crippen LogP contribution in [0.2, 0.25) is 0 Å². The molecule has 9 heteroatoms. The second-order valence-corrected chi connectivity index (χ2v) is 7.22. The standard InChI is InChI=1S/C21H21N7O2/c1-3-12-4-5-14-16(8-12)26-19(25-14)13(9-22)18-11(2)10-23-21(27-18)28-20(30)15-6-7-17(29)24-15/h4-5,8,10,15,25-26H,3,6-7H2,1-2H3,(H,24,29)(H,23,27,28,30)/b19-13+/t15-/m0/s1. The lowest BCUT2D eigenvalue weighted by Gasteiger charge is -2.12. The zero-order valence-corrected chi connectivity index (χ0v) is 16.7. The lowest BCUT2D eigenvalue weighted by atomic mass is 10.1. The number of hydrogen-bond acceptors (Lipinski definition) is 7. The van der Waals surface area contributed by atoms with Crippen LogP contribution in [0.25, 0.3) is 5.57 Å². The molecular formula is C21H21N7O2. The average Bonchev–Trinajstić information content (AvgIpc) is 3.36. The van der Waals surface area contributed by atoms with Crippen molar-refractivity contribution >= 4 is 34.7 Å². The highest BCUT2D eigenvalue weighted by Crippen LogP contribution is 2.34. The summed E-state index contributed by atoms with van der Waals surface area (Å²) in [6.07, 6.45) is 3.22. The van der Waals surface area contributed by atoms with Gasteiger partial charge in [-0.3, -0.25) is 14.9 Å². The molecule has 0 saturated carbocycles. The SMILES string of the molecule is CCc1ccc2c(c1)N/C(=C(\C#N)c1nc(NC(=O)[C@@H]3CCC(=O)N3)ncc1C)N2. The van der Waals surface area contributed by atoms with E-state index in [1.807, 2.05) is 18.2 Å². The van der Waals surface area contributed by atoms with Crippen molar-refractivity contribution in [3.05, 3.63) is 47.0 Å². The number of carbonyl (C=O) groups excluding carboxylic acids is 2. The van der Waals surface area contributed by atoms with E-state index in [0.717, 1.165) is 17.8 Å². The van der Waals surface area contributed by atoms with Crippen LogP contribution in [0.5, 0.6) is 0 Å². The van der Waals surface area contributed by atoms with Gasteiger partial charge in [0.2, 0.25) is 17.8 Å². The molecule has 4 rings (SSSR count). The number of fused-ring (bicyclic) bond motifs is 1. The van der Waals surface area contributed by atoms with Crippen LogP contribution < -0.4 is 21.3 Å². The number of aryl methyl sites for hydroxylation is 2. The number of rotatable bonds is 4. The first kappa shape index (κ1) is 19.4. The summed E-state index contributed by atoms with van der Waals surface area (Å²) in [5.74, 6) is 0.0848. The number of amides is 2. The number of nitrogens with zero attached hydrogens (tertiary/aromatic N) is 3. The van der Waals surface area contributed by atoms with Gasteiger partial charge in [-0.25, -0.2) is 9.97 Å². The monoisotopic (exact) mass is 403 g/mol. The van der Waals surface area contributed by atoms with Crippen molar-refractivity contribution in [1.29, 1.82) is 5.26 Å². The lowest BCUT2D eigenvalue weighted by molar-refractivity contribution is -0.122. The zero-order valence-electron chi connectivity index (χ0n) is 16.7. The number of nitriles is 1. The fourth-order valence-corrected chi connectivity index (χ4v) is 3.44. The number of benzene rings is 1. The van der Waals surface area contributed by atoms with Gasteiger partial charge < -0.3 is 16.0 Å². The molecule has 2 aliphatic rings. The fourth-order valence-electron chi connectivity index (χ4n) is 3.44. The first-order valence-electron chi connectivity index (χ1n) is 9.74. The molecule has 0 aliphatic carbocycles. The van der Waals surface area contributed by atoms with Gasteiger partial charge in [-0.15, -0.1) is 0 Å². The molecule has 152 valence electrons. The molecule has 9 nitrogen and oxygen atoms in total. The molecule has 1 atom stereocenters. The van der Waals surface area contributed by atoms with Crippen molar-refractivity contribution in [3.8, 4) is 6.07 Å². The second-order valence-electron chi connectivity index (χ2n) is 7.22. The molecule has 1 aromatic carbocycles. The van der Waals surface area contributed by atoms with Gasteiger partial charge in [0.15, 0.2) is 0 Å². The van der Waals surface area contributed by atoms with E-state index in [-0.39, 0.29) is 17.8 Å². The quantitative estimate of drug-likeness (QED) is 0.576. The van der Waals surface area contributed by atoms with Crippen LogP contribution >= 0.6 is 0 Å². The maximum atomic E-state index is 12.4. The van der Waals surface area contributed by atoms with Crippen molar-refractivity contribution in [2.75, 3.05) is 16.0 Å². The van der Waals surface area contributed by atoms with Crippen molar-refractivity contribution in [2.24, 2.45) is 0 Å². The second kappa shape index (κ2) is 7.83. The Morgan fingerprint density at radius 2 is 2.13 bits per heavy atom. The molecule has 2 amide bonds. The predicted octanol–water partition coefficient (Wildman–Crippen LogP) is 2.29. The van der Waals surface area contributed by atoms with E-state index < -0.39 is 6.04 Å². The van der Waals surface area contributed by atoms with E-state index in [9.17, 15) is 14.9 Å². The molecule has 3 heterocycles. The van der Waals surface area contributed by atoms with Gasteiger partial charge in [0.05, 0.1) is 17.1 Å². The van der Waals surface area contributed by atoms with Gasteiger partial charge in [0.1, 0.15) is 23.5 Å². The molecule has 0 radical (unpaired) electrons. The van der Waals surface area contributed by atoms with E-state index in [1.165, 1.54) is 5.56 Å². The highest BCUT2D eigenvalue weighted by atomic mass is 16.2. The molecule has 0 unspecified atom stereocenters. The van der Waals surface area contributed by atoms with Gasteiger partial charge in [0.25, 0.3) is 0 Å². The predicted molar refractivity (Wildman–Crippen MR) is 112 cm³/mol. The van der Waals surface area contributed by atoms with Crippen LogP contribution in [0.1, 0.15) is 36.6 Å². The maximum Gasteiger partial charge on any atom is 0.249 e. The van der Waals surface area contributed by atoms with Crippen molar-refractivity contribution in [3.63, 3.8) is 0 Å². The van der Waals surface area contributed by atoms with Gasteiger partial charge in [-0.2, -0.15) is 5.26 Å². The van der Waals surface area contributed by atoms with Crippen molar-refractivity contribution < 1.29 is 9.59 Å². The summed E-state index contributed by atoms with van der Waals surface area (Å²) in [4.78, 5) is 32.2. The molecule has 4 N–H and O–H groups in total. The maximum absolute atomic E-state index is 12.4. The fraction of sp³-hybridized carbons (Fsp3) is 0.286. The van der Waals surface area contributed by atoms with Crippen LogP contribution in [0.4, 0.5) is 17.3 Å². The Labute approximate surface area is 173 Å². The molecule has 2 aromatic rings. The summed E-state index contributed by atoms with van der Waals surface area (Å²) in [6, 6.07) is 7.65. The Bertz CT molecular complexity index is 1120. The minimum absolute atomic E-state index is 0.0823. The summed E-state index contributed by atoms with van der Waals surface area (Å²) in [5, 5.41) is 21.5. The minimum atomic E-state index is -0.597. The Morgan fingerprint density at radius 3 is 2.83 bits per heavy atom. The van der Waals surface area contributed by atoms with E-state index >= 15 is 0 Å². The van der Waals surface area contributed by atoms with Crippen LogP contribution in [0.15, 0.2) is 30.2 Å². The molecule has 1 saturated heterocycles. The Kier molecular flexibility index (Phi) is 5.06. The summed E-state index contributed by atoms with van der Waals surface area (Å²) in [7, 11) is 0. The highest BCUT2D eigenvalue weighted by Gasteiger charge is 2.28. The number of nitrogens with one attached hydrogen (secondary N) is 4. The normalized spacial score (nSPS) is 18.6. The van der Waals surface area contributed by atoms with Crippen LogP contribution in [0.3, 0.4) is 0 Å². The minimum Gasteiger partial charge on any atom is -0.344 e. The number of hydrogen-bond donors (Lipinski definition) is 4. The topological polar surface area (TPSA) is 132 Å². The number of aromatic nitrogens is 2. The van der Waals surface area contributed by atoms with Gasteiger partial charge in [0, 0.05) is 12.6 Å². The Balaban J connectivity index is 1.61. The third-order valence-corrected chi connectivity index (χ3v) is 5.13. The van der Waals surface area contributed by atoms with Gasteiger partial charge in [-0.1, -0.05) is 13.0 Å². The first-order valence-corrected chi connectivity index (χ1v) is 9.74. The molecule has 30 heavy (non-hydrogen) atoms. The largest absolute Gasteiger partial charge is 0.344 e. The van der Waals surface area contributed by atoms with Crippen LogP contribution in [-0.2, 0) is 16.0 Å². The third-order valence-electron chi connectivity index (χ3n) is 5.13. The molecular weight excluding hydrogens is 382 g/mol. The van der Waals surface area contributed by atoms with E-state index in [4.69, 9.17) is 0 Å². The van der Waals surface area contributed by atoms with Gasteiger partial charge >= 0.3 is 0 Å². The van der Waals surface area contributed by atoms with Crippen molar-refractivity contribution in [1.82, 2.24) is 15.3 Å². The molecule has 1 aromatic heterocycles. The van der Waals surface area contributed by atoms with E-state index in [1.54, 1.807) is 13.1 Å². The number of anilines is 3. The first-order chi connectivity index (χ1) is 14.5. The summed E-state index contributed by atoms with van der Waals surface area (Å²) < 4.78 is 0. The zero-order chi connectivity index (χ0) is 21.3. The number of allylic oxidation sites excluding steroid dienone is 1. The molecule has 2 aliphatic heterocycles. The van der Waals surface area contributed by atoms with Gasteiger partial charge in [-0.05, 0) is 43.0 Å². The molecule has 0 spiro atoms. The Morgan fingerprint density at radius 1 is 1.33 bits per heavy atom. The summed E-state index contributed by atoms with van der Waals surface area (Å²) in [6.45, 7) is 3.88. The third kappa shape index (κ3) is 3.67. The lowest BCUT2D eigenvalue weighted by Crippen LogP contribution is -2.37. The van der Waals surface area contributed by atoms with E-state index in [0.29, 0.717) is 35.5 Å². The summed E-state index contributed by atoms with van der Waals surface area (Å²) in [5.41, 5.74) is 4.39. The van der Waals surface area contributed by atoms with E-state index in [2.05, 4.69) is 44.2 Å². The Hall–Kier alpha value is -3.93. The highest BCUT2D eigenvalue weighted by molar-refractivity contribution is 5.98. The van der Waals surface area contributed by atoms with Crippen molar-refractivity contribution in [2.45, 2.75) is 39.2 Å².